The zero-order valence-electron chi connectivity index (χ0n) is 18.5. The molecule has 10 heteroatoms. The number of nitrogens with zero attached hydrogens (tertiary/aromatic N) is 3. The molecule has 180 valence electrons. The molecule has 0 atom stereocenters. The van der Waals surface area contributed by atoms with E-state index in [-0.39, 0.29) is 27.9 Å². The summed E-state index contributed by atoms with van der Waals surface area (Å²) in [5.41, 5.74) is -0.885. The van der Waals surface area contributed by atoms with Gasteiger partial charge in [-0.05, 0) is 56.3 Å². The molecular weight excluding hydrogens is 465 g/mol. The van der Waals surface area contributed by atoms with Crippen molar-refractivity contribution >= 4 is 28.6 Å². The van der Waals surface area contributed by atoms with Crippen LogP contribution in [0.1, 0.15) is 24.8 Å². The minimum Gasteiger partial charge on any atom is -0.354 e. The molecule has 1 fully saturated rings. The molecule has 1 aliphatic rings. The fourth-order valence-corrected chi connectivity index (χ4v) is 4.82. The topological polar surface area (TPSA) is 67.2 Å². The third kappa shape index (κ3) is 5.79. The van der Waals surface area contributed by atoms with Gasteiger partial charge < -0.3 is 10.2 Å². The number of benzene rings is 2. The quantitative estimate of drug-likeness (QED) is 0.399. The average molecular weight is 491 g/mol. The van der Waals surface area contributed by atoms with Crippen molar-refractivity contribution < 1.29 is 18.0 Å². The summed E-state index contributed by atoms with van der Waals surface area (Å²) in [7, 11) is 0. The lowest BCUT2D eigenvalue weighted by Gasteiger charge is -2.26. The monoisotopic (exact) mass is 490 g/mol. The van der Waals surface area contributed by atoms with Gasteiger partial charge in [0.1, 0.15) is 0 Å². The van der Waals surface area contributed by atoms with Gasteiger partial charge in [-0.2, -0.15) is 13.2 Å². The third-order valence-electron chi connectivity index (χ3n) is 5.71. The number of carbonyl (C=O) groups is 1. The summed E-state index contributed by atoms with van der Waals surface area (Å²) in [5.74, 6) is -0.232. The Labute approximate surface area is 199 Å². The molecule has 34 heavy (non-hydrogen) atoms. The first-order chi connectivity index (χ1) is 16.3. The SMILES string of the molecule is O=C(CSc1nc2ccccc2c(=O)n1-c1cccc(C(F)(F)F)c1)NCCN1CCCCC1. The molecule has 1 aromatic heterocycles. The van der Waals surface area contributed by atoms with Gasteiger partial charge in [0, 0.05) is 13.1 Å². The van der Waals surface area contributed by atoms with E-state index in [1.54, 1.807) is 24.3 Å². The lowest BCUT2D eigenvalue weighted by molar-refractivity contribution is -0.137. The highest BCUT2D eigenvalue weighted by Gasteiger charge is 2.31. The van der Waals surface area contributed by atoms with Crippen LogP contribution < -0.4 is 10.9 Å². The number of hydrogen-bond acceptors (Lipinski definition) is 5. The van der Waals surface area contributed by atoms with Gasteiger partial charge in [-0.3, -0.25) is 14.2 Å². The number of para-hydroxylation sites is 1. The molecule has 0 saturated carbocycles. The standard InChI is InChI=1S/C24H25F3N4O2S/c25-24(26,27)17-7-6-8-18(15-17)31-22(33)19-9-2-3-10-20(19)29-23(31)34-16-21(32)28-11-14-30-12-4-1-5-13-30/h2-3,6-10,15H,1,4-5,11-14,16H2,(H,28,32). The second-order valence-electron chi connectivity index (χ2n) is 8.14. The van der Waals surface area contributed by atoms with Crippen LogP contribution >= 0.6 is 11.8 Å². The molecule has 1 N–H and O–H groups in total. The Hall–Kier alpha value is -2.85. The van der Waals surface area contributed by atoms with Crippen LogP contribution in [-0.2, 0) is 11.0 Å². The minimum atomic E-state index is -4.55. The van der Waals surface area contributed by atoms with Crippen LogP contribution in [0.5, 0.6) is 0 Å². The molecule has 0 unspecified atom stereocenters. The molecule has 6 nitrogen and oxygen atoms in total. The molecule has 1 amide bonds. The largest absolute Gasteiger partial charge is 0.416 e. The van der Waals surface area contributed by atoms with E-state index in [9.17, 15) is 22.8 Å². The van der Waals surface area contributed by atoms with Gasteiger partial charge in [0.05, 0.1) is 27.9 Å². The van der Waals surface area contributed by atoms with Crippen LogP contribution in [0.2, 0.25) is 0 Å². The van der Waals surface area contributed by atoms with Gasteiger partial charge >= 0.3 is 6.18 Å². The summed E-state index contributed by atoms with van der Waals surface area (Å²) in [6.07, 6.45) is -0.966. The predicted octanol–water partition coefficient (Wildman–Crippen LogP) is 4.10. The highest BCUT2D eigenvalue weighted by atomic mass is 32.2. The summed E-state index contributed by atoms with van der Waals surface area (Å²) in [4.78, 5) is 32.4. The number of hydrogen-bond donors (Lipinski definition) is 1. The first-order valence-electron chi connectivity index (χ1n) is 11.1. The Morgan fingerprint density at radius 1 is 1.06 bits per heavy atom. The van der Waals surface area contributed by atoms with E-state index in [2.05, 4.69) is 15.2 Å². The smallest absolute Gasteiger partial charge is 0.354 e. The van der Waals surface area contributed by atoms with Gasteiger partial charge in [0.15, 0.2) is 5.16 Å². The van der Waals surface area contributed by atoms with Crippen LogP contribution in [0.3, 0.4) is 0 Å². The van der Waals surface area contributed by atoms with Gasteiger partial charge in [0.2, 0.25) is 5.91 Å². The van der Waals surface area contributed by atoms with E-state index < -0.39 is 17.3 Å². The average Bonchev–Trinajstić information content (AvgIpc) is 2.83. The molecule has 3 aromatic rings. The van der Waals surface area contributed by atoms with Crippen molar-refractivity contribution in [3.8, 4) is 5.69 Å². The minimum absolute atomic E-state index is 0.0102. The number of halogens is 3. The number of likely N-dealkylation sites (tertiary alicyclic amines) is 1. The molecule has 1 aliphatic heterocycles. The van der Waals surface area contributed by atoms with Crippen LogP contribution in [0.25, 0.3) is 16.6 Å². The number of fused-ring (bicyclic) bond motifs is 1. The van der Waals surface area contributed by atoms with E-state index in [0.717, 1.165) is 48.1 Å². The van der Waals surface area contributed by atoms with Crippen molar-refractivity contribution in [2.75, 3.05) is 31.9 Å². The summed E-state index contributed by atoms with van der Waals surface area (Å²) >= 11 is 1.02. The molecule has 2 aromatic carbocycles. The van der Waals surface area contributed by atoms with Crippen LogP contribution in [0.15, 0.2) is 58.5 Å². The van der Waals surface area contributed by atoms with Crippen molar-refractivity contribution in [3.63, 3.8) is 0 Å². The zero-order valence-corrected chi connectivity index (χ0v) is 19.3. The zero-order chi connectivity index (χ0) is 24.1. The van der Waals surface area contributed by atoms with E-state index >= 15 is 0 Å². The van der Waals surface area contributed by atoms with E-state index in [0.29, 0.717) is 12.1 Å². The van der Waals surface area contributed by atoms with Gasteiger partial charge in [-0.15, -0.1) is 0 Å². The van der Waals surface area contributed by atoms with Crippen molar-refractivity contribution in [2.24, 2.45) is 0 Å². The number of piperidine rings is 1. The number of amides is 1. The number of nitrogens with one attached hydrogen (secondary N) is 1. The maximum atomic E-state index is 13.3. The second-order valence-corrected chi connectivity index (χ2v) is 9.08. The Bertz CT molecular complexity index is 1220. The van der Waals surface area contributed by atoms with Crippen LogP contribution in [0.4, 0.5) is 13.2 Å². The molecule has 0 aliphatic carbocycles. The summed E-state index contributed by atoms with van der Waals surface area (Å²) in [6.45, 7) is 3.37. The predicted molar refractivity (Wildman–Crippen MR) is 126 cm³/mol. The number of thioether (sulfide) groups is 1. The van der Waals surface area contributed by atoms with Crippen LogP contribution in [-0.4, -0.2) is 52.3 Å². The number of aromatic nitrogens is 2. The highest BCUT2D eigenvalue weighted by molar-refractivity contribution is 7.99. The number of carbonyl (C=O) groups excluding carboxylic acids is 1. The highest BCUT2D eigenvalue weighted by Crippen LogP contribution is 2.31. The maximum Gasteiger partial charge on any atom is 0.416 e. The van der Waals surface area contributed by atoms with Gasteiger partial charge in [-0.25, -0.2) is 4.98 Å². The Morgan fingerprint density at radius 2 is 1.82 bits per heavy atom. The second kappa shape index (κ2) is 10.6. The van der Waals surface area contributed by atoms with Crippen molar-refractivity contribution in [2.45, 2.75) is 30.6 Å². The Kier molecular flexibility index (Phi) is 7.57. The fraction of sp³-hybridized carbons (Fsp3) is 0.375. The van der Waals surface area contributed by atoms with E-state index in [4.69, 9.17) is 0 Å². The van der Waals surface area contributed by atoms with E-state index in [1.165, 1.54) is 31.4 Å². The fourth-order valence-electron chi connectivity index (χ4n) is 3.98. The number of alkyl halides is 3. The summed E-state index contributed by atoms with van der Waals surface area (Å²) < 4.78 is 41.0. The van der Waals surface area contributed by atoms with Gasteiger partial charge in [0.25, 0.3) is 5.56 Å². The van der Waals surface area contributed by atoms with E-state index in [1.807, 2.05) is 0 Å². The molecule has 2 heterocycles. The van der Waals surface area contributed by atoms with Crippen molar-refractivity contribution in [3.05, 3.63) is 64.4 Å². The summed E-state index contributed by atoms with van der Waals surface area (Å²) in [5, 5.41) is 3.32. The Morgan fingerprint density at radius 3 is 2.59 bits per heavy atom. The van der Waals surface area contributed by atoms with Crippen molar-refractivity contribution in [1.82, 2.24) is 19.8 Å². The maximum absolute atomic E-state index is 13.3. The molecule has 4 rings (SSSR count). The third-order valence-corrected chi connectivity index (χ3v) is 6.65. The van der Waals surface area contributed by atoms with Crippen molar-refractivity contribution in [1.29, 1.82) is 0 Å². The lowest BCUT2D eigenvalue weighted by atomic mass is 10.1. The normalized spacial score (nSPS) is 14.9. The molecule has 0 radical (unpaired) electrons. The number of rotatable bonds is 7. The van der Waals surface area contributed by atoms with Gasteiger partial charge in [-0.1, -0.05) is 36.4 Å². The Balaban J connectivity index is 1.56. The molecular formula is C24H25F3N4O2S. The lowest BCUT2D eigenvalue weighted by Crippen LogP contribution is -2.38. The van der Waals surface area contributed by atoms with Crippen LogP contribution in [0, 0.1) is 0 Å². The molecule has 0 spiro atoms. The molecule has 1 saturated heterocycles. The molecule has 0 bridgehead atoms. The summed E-state index contributed by atoms with van der Waals surface area (Å²) in [6, 6.07) is 11.2. The first kappa shape index (κ1) is 24.3. The first-order valence-corrected chi connectivity index (χ1v) is 12.1.